The van der Waals surface area contributed by atoms with E-state index in [9.17, 15) is 49.8 Å². The van der Waals surface area contributed by atoms with Crippen LogP contribution in [0.3, 0.4) is 0 Å². The predicted molar refractivity (Wildman–Crippen MR) is 195 cm³/mol. The summed E-state index contributed by atoms with van der Waals surface area (Å²) in [5.74, 6) is -2.67. The molecule has 53 heavy (non-hydrogen) atoms. The van der Waals surface area contributed by atoms with Crippen molar-refractivity contribution in [2.75, 3.05) is 40.8 Å². The predicted octanol–water partition coefficient (Wildman–Crippen LogP) is 0.490. The lowest BCUT2D eigenvalue weighted by atomic mass is 9.83. The lowest BCUT2D eigenvalue weighted by Crippen LogP contribution is -2.50. The molecule has 294 valence electrons. The molecular weight excluding hydrogens is 690 g/mol. The summed E-state index contributed by atoms with van der Waals surface area (Å²) in [7, 11) is 5.05. The Kier molecular flexibility index (Phi) is 14.5. The molecular formula is C36H55N7O10. The monoisotopic (exact) mass is 745 g/mol. The maximum Gasteiger partial charge on any atom is 0.220 e. The van der Waals surface area contributed by atoms with Gasteiger partial charge in [-0.15, -0.1) is 0 Å². The number of nitrogens with one attached hydrogen (secondary N) is 4. The van der Waals surface area contributed by atoms with Crippen molar-refractivity contribution in [3.63, 3.8) is 0 Å². The third kappa shape index (κ3) is 11.0. The fourth-order valence-electron chi connectivity index (χ4n) is 6.36. The van der Waals surface area contributed by atoms with Crippen LogP contribution in [0.4, 0.5) is 0 Å². The molecule has 0 aliphatic carbocycles. The zero-order valence-corrected chi connectivity index (χ0v) is 31.5. The number of hydrogen-bond acceptors (Lipinski definition) is 13. The number of rotatable bonds is 16. The summed E-state index contributed by atoms with van der Waals surface area (Å²) < 4.78 is 0. The molecule has 0 aromatic rings. The van der Waals surface area contributed by atoms with E-state index in [1.54, 1.807) is 56.6 Å². The molecule has 0 radical (unpaired) electrons. The number of carbonyl (C=O) groups is 4. The molecule has 0 aromatic carbocycles. The second-order valence-corrected chi connectivity index (χ2v) is 13.7. The minimum Gasteiger partial charge on any atom is -0.507 e. The maximum atomic E-state index is 13.2. The Hall–Kier alpha value is -5.00. The first-order chi connectivity index (χ1) is 24.8. The summed E-state index contributed by atoms with van der Waals surface area (Å²) in [6.45, 7) is 6.24. The SMILES string of the molecule is CC(=O)NC(CCC(=O)NCC1=C(O)C(O)C=C(C)N1C)(CCC(=O)NCC1=C(O)C(O)C=C(C)N1C)CCC(=O)NCC1=C(O)C(O)C=C(C)N1C. The van der Waals surface area contributed by atoms with Crippen LogP contribution in [0.2, 0.25) is 0 Å². The topological polar surface area (TPSA) is 247 Å². The van der Waals surface area contributed by atoms with E-state index in [1.165, 1.54) is 25.2 Å². The van der Waals surface area contributed by atoms with Crippen LogP contribution in [0.5, 0.6) is 0 Å². The van der Waals surface area contributed by atoms with Crippen molar-refractivity contribution in [1.82, 2.24) is 36.0 Å². The van der Waals surface area contributed by atoms with Gasteiger partial charge in [0.1, 0.15) is 35.6 Å². The van der Waals surface area contributed by atoms with Gasteiger partial charge in [0.2, 0.25) is 23.6 Å². The molecule has 17 nitrogen and oxygen atoms in total. The molecule has 0 saturated heterocycles. The van der Waals surface area contributed by atoms with Gasteiger partial charge < -0.3 is 66.6 Å². The number of amides is 4. The van der Waals surface area contributed by atoms with Crippen LogP contribution in [0.1, 0.15) is 66.2 Å². The van der Waals surface area contributed by atoms with E-state index in [4.69, 9.17) is 0 Å². The first-order valence-electron chi connectivity index (χ1n) is 17.4. The van der Waals surface area contributed by atoms with Crippen LogP contribution in [0.15, 0.2) is 69.7 Å². The van der Waals surface area contributed by atoms with Crippen LogP contribution >= 0.6 is 0 Å². The average Bonchev–Trinajstić information content (AvgIpc) is 3.09. The van der Waals surface area contributed by atoms with Crippen molar-refractivity contribution >= 4 is 23.6 Å². The molecule has 3 aliphatic rings. The Labute approximate surface area is 309 Å². The van der Waals surface area contributed by atoms with Gasteiger partial charge in [-0.05, 0) is 58.3 Å². The second-order valence-electron chi connectivity index (χ2n) is 13.7. The third-order valence-electron chi connectivity index (χ3n) is 10.0. The van der Waals surface area contributed by atoms with E-state index in [0.29, 0.717) is 34.2 Å². The maximum absolute atomic E-state index is 13.2. The summed E-state index contributed by atoms with van der Waals surface area (Å²) in [5, 5.41) is 72.7. The van der Waals surface area contributed by atoms with E-state index in [0.717, 1.165) is 0 Å². The molecule has 0 spiro atoms. The third-order valence-corrected chi connectivity index (χ3v) is 10.0. The van der Waals surface area contributed by atoms with Gasteiger partial charge in [0.05, 0.1) is 36.7 Å². The van der Waals surface area contributed by atoms with Gasteiger partial charge in [0, 0.05) is 70.0 Å². The quantitative estimate of drug-likeness (QED) is 0.104. The zero-order chi connectivity index (χ0) is 39.8. The highest BCUT2D eigenvalue weighted by Crippen LogP contribution is 2.28. The van der Waals surface area contributed by atoms with Gasteiger partial charge in [0.15, 0.2) is 0 Å². The molecule has 0 aromatic heterocycles. The van der Waals surface area contributed by atoms with Crippen LogP contribution in [-0.2, 0) is 19.2 Å². The summed E-state index contributed by atoms with van der Waals surface area (Å²) in [4.78, 5) is 57.0. The van der Waals surface area contributed by atoms with E-state index >= 15 is 0 Å². The molecule has 3 unspecified atom stereocenters. The van der Waals surface area contributed by atoms with Crippen molar-refractivity contribution in [2.45, 2.75) is 90.1 Å². The Balaban J connectivity index is 1.74. The lowest BCUT2D eigenvalue weighted by molar-refractivity contribution is -0.126. The molecule has 0 bridgehead atoms. The van der Waals surface area contributed by atoms with Gasteiger partial charge in [-0.25, -0.2) is 0 Å². The molecule has 3 heterocycles. The smallest absolute Gasteiger partial charge is 0.220 e. The zero-order valence-electron chi connectivity index (χ0n) is 31.5. The fraction of sp³-hybridized carbons (Fsp3) is 0.556. The number of likely N-dealkylation sites (N-methyl/N-ethyl adjacent to an activating group) is 3. The molecule has 0 saturated carbocycles. The Morgan fingerprint density at radius 1 is 0.585 bits per heavy atom. The lowest BCUT2D eigenvalue weighted by Gasteiger charge is -2.35. The van der Waals surface area contributed by atoms with E-state index in [-0.39, 0.29) is 75.4 Å². The minimum atomic E-state index is -1.21. The Morgan fingerprint density at radius 3 is 1.09 bits per heavy atom. The molecule has 17 heteroatoms. The van der Waals surface area contributed by atoms with Gasteiger partial charge in [-0.1, -0.05) is 0 Å². The first kappa shape index (κ1) is 42.4. The summed E-state index contributed by atoms with van der Waals surface area (Å²) in [6, 6.07) is 0. The largest absolute Gasteiger partial charge is 0.507 e. The van der Waals surface area contributed by atoms with Crippen LogP contribution in [0, 0.1) is 0 Å². The summed E-state index contributed by atoms with van der Waals surface area (Å²) in [6.07, 6.45) is 0.441. The molecule has 10 N–H and O–H groups in total. The van der Waals surface area contributed by atoms with E-state index < -0.39 is 47.5 Å². The summed E-state index contributed by atoms with van der Waals surface area (Å²) in [5.41, 5.74) is 1.72. The van der Waals surface area contributed by atoms with Crippen molar-refractivity contribution in [3.8, 4) is 0 Å². The van der Waals surface area contributed by atoms with Gasteiger partial charge in [-0.3, -0.25) is 19.2 Å². The van der Waals surface area contributed by atoms with E-state index in [2.05, 4.69) is 21.3 Å². The Bertz CT molecular complexity index is 1450. The Morgan fingerprint density at radius 2 is 0.849 bits per heavy atom. The fourth-order valence-corrected chi connectivity index (χ4v) is 6.36. The van der Waals surface area contributed by atoms with Crippen molar-refractivity contribution < 1.29 is 49.8 Å². The molecule has 3 atom stereocenters. The van der Waals surface area contributed by atoms with Crippen molar-refractivity contribution in [3.05, 3.63) is 69.7 Å². The standard InChI is InChI=1S/C36H55N7O10/c1-20-14-27(45)33(51)24(41(20)5)17-37-30(48)8-11-36(40-23(4)44,12-9-31(49)38-18-25-34(52)28(46)15-21(2)42(25)6)13-10-32(50)39-19-26-35(53)29(47)16-22(3)43(26)7/h14-16,27-29,45-47,51-53H,8-13,17-19H2,1-7H3,(H,37,48)(H,38,49)(H,39,50)(H,40,44). The highest BCUT2D eigenvalue weighted by atomic mass is 16.3. The number of allylic oxidation sites excluding steroid dienone is 3. The van der Waals surface area contributed by atoms with Crippen LogP contribution < -0.4 is 21.3 Å². The number of aliphatic hydroxyl groups is 6. The van der Waals surface area contributed by atoms with E-state index in [1.807, 2.05) is 0 Å². The number of aliphatic hydroxyl groups excluding tert-OH is 6. The van der Waals surface area contributed by atoms with Gasteiger partial charge in [-0.2, -0.15) is 0 Å². The minimum absolute atomic E-state index is 0.0249. The van der Waals surface area contributed by atoms with Gasteiger partial charge in [0.25, 0.3) is 0 Å². The van der Waals surface area contributed by atoms with Crippen molar-refractivity contribution in [2.24, 2.45) is 0 Å². The molecule has 3 aliphatic heterocycles. The average molecular weight is 746 g/mol. The number of carbonyl (C=O) groups excluding carboxylic acids is 4. The summed E-state index contributed by atoms with van der Waals surface area (Å²) >= 11 is 0. The first-order valence-corrected chi connectivity index (χ1v) is 17.4. The number of hydrogen-bond donors (Lipinski definition) is 10. The highest BCUT2D eigenvalue weighted by Gasteiger charge is 2.34. The molecule has 3 rings (SSSR count). The highest BCUT2D eigenvalue weighted by molar-refractivity contribution is 5.79. The normalized spacial score (nSPS) is 21.8. The van der Waals surface area contributed by atoms with Gasteiger partial charge >= 0.3 is 0 Å². The molecule has 4 amide bonds. The number of nitrogens with zero attached hydrogens (tertiary/aromatic N) is 3. The van der Waals surface area contributed by atoms with Crippen molar-refractivity contribution in [1.29, 1.82) is 0 Å². The van der Waals surface area contributed by atoms with Crippen LogP contribution in [0.25, 0.3) is 0 Å². The molecule has 0 fully saturated rings. The van der Waals surface area contributed by atoms with Crippen LogP contribution in [-0.4, -0.2) is 134 Å². The second kappa shape index (κ2) is 18.2.